The minimum absolute atomic E-state index is 0.154. The van der Waals surface area contributed by atoms with Crippen LogP contribution in [0.4, 0.5) is 5.69 Å². The van der Waals surface area contributed by atoms with Crippen LogP contribution in [-0.2, 0) is 19.1 Å². The summed E-state index contributed by atoms with van der Waals surface area (Å²) in [4.78, 5) is 54.6. The Morgan fingerprint density at radius 1 is 0.738 bits per heavy atom. The van der Waals surface area contributed by atoms with E-state index in [1.165, 1.54) is 11.0 Å². The van der Waals surface area contributed by atoms with Crippen molar-refractivity contribution in [2.75, 3.05) is 11.5 Å². The lowest BCUT2D eigenvalue weighted by atomic mass is 9.55. The Bertz CT molecular complexity index is 1630. The molecule has 0 unspecified atom stereocenters. The number of anilines is 1. The van der Waals surface area contributed by atoms with Gasteiger partial charge in [-0.15, -0.1) is 0 Å². The second-order valence-electron chi connectivity index (χ2n) is 11.1. The van der Waals surface area contributed by atoms with Crippen molar-refractivity contribution in [3.8, 4) is 0 Å². The van der Waals surface area contributed by atoms with Gasteiger partial charge in [0.2, 0.25) is 11.8 Å². The van der Waals surface area contributed by atoms with Crippen molar-refractivity contribution >= 4 is 29.4 Å². The standard InChI is InChI=1S/C35H28N2O5/c1-20(21-10-3-2-4-11-21)36-28(38)19-42-35(41)22-12-9-13-23(18-22)37-33(39)31-29-24-14-5-6-15-25(24)30(32(31)34(37)40)27-17-8-7-16-26(27)29/h2-18,20,29-32H,19H2,1H3,(H,36,38)/t20-,29?,30?,31-,32+/m1/s1. The normalized spacial score (nSPS) is 22.2. The number of ether oxygens (including phenoxy) is 1. The highest BCUT2D eigenvalue weighted by Gasteiger charge is 2.61. The van der Waals surface area contributed by atoms with Crippen LogP contribution in [0.25, 0.3) is 0 Å². The van der Waals surface area contributed by atoms with Gasteiger partial charge in [-0.05, 0) is 52.9 Å². The molecule has 1 saturated heterocycles. The molecule has 7 nitrogen and oxygen atoms in total. The van der Waals surface area contributed by atoms with Gasteiger partial charge in [-0.3, -0.25) is 14.4 Å². The molecule has 4 aromatic rings. The van der Waals surface area contributed by atoms with Gasteiger partial charge in [-0.2, -0.15) is 0 Å². The molecule has 1 fully saturated rings. The molecule has 3 amide bonds. The van der Waals surface area contributed by atoms with E-state index in [4.69, 9.17) is 4.74 Å². The van der Waals surface area contributed by atoms with E-state index in [-0.39, 0.29) is 35.3 Å². The Morgan fingerprint density at radius 2 is 1.26 bits per heavy atom. The lowest BCUT2D eigenvalue weighted by Gasteiger charge is -2.45. The van der Waals surface area contributed by atoms with E-state index in [9.17, 15) is 19.2 Å². The van der Waals surface area contributed by atoms with Crippen molar-refractivity contribution in [1.82, 2.24) is 5.32 Å². The summed E-state index contributed by atoms with van der Waals surface area (Å²) in [6.45, 7) is 1.40. The Kier molecular flexibility index (Phi) is 6.23. The maximum Gasteiger partial charge on any atom is 0.338 e. The van der Waals surface area contributed by atoms with Gasteiger partial charge in [0, 0.05) is 11.8 Å². The van der Waals surface area contributed by atoms with Crippen LogP contribution in [-0.4, -0.2) is 30.3 Å². The fraction of sp³-hybridized carbons (Fsp3) is 0.200. The topological polar surface area (TPSA) is 92.8 Å². The van der Waals surface area contributed by atoms with E-state index in [1.807, 2.05) is 61.5 Å². The van der Waals surface area contributed by atoms with Gasteiger partial charge in [0.05, 0.1) is 29.1 Å². The molecule has 0 radical (unpaired) electrons. The first-order valence-corrected chi connectivity index (χ1v) is 14.1. The number of esters is 1. The van der Waals surface area contributed by atoms with Crippen LogP contribution < -0.4 is 10.2 Å². The zero-order valence-corrected chi connectivity index (χ0v) is 22.9. The predicted octanol–water partition coefficient (Wildman–Crippen LogP) is 5.12. The minimum Gasteiger partial charge on any atom is -0.452 e. The third kappa shape index (κ3) is 4.04. The molecular weight excluding hydrogens is 528 g/mol. The second-order valence-corrected chi connectivity index (χ2v) is 11.1. The number of hydrogen-bond acceptors (Lipinski definition) is 5. The molecule has 0 aromatic heterocycles. The fourth-order valence-corrected chi connectivity index (χ4v) is 7.03. The number of hydrogen-bond donors (Lipinski definition) is 1. The first-order valence-electron chi connectivity index (χ1n) is 14.1. The monoisotopic (exact) mass is 556 g/mol. The lowest BCUT2D eigenvalue weighted by Crippen LogP contribution is -2.41. The number of amides is 3. The quantitative estimate of drug-likeness (QED) is 0.263. The molecule has 3 aliphatic carbocycles. The molecule has 0 spiro atoms. The largest absolute Gasteiger partial charge is 0.452 e. The van der Waals surface area contributed by atoms with E-state index in [1.54, 1.807) is 18.2 Å². The Balaban J connectivity index is 1.11. The first kappa shape index (κ1) is 25.9. The zero-order valence-electron chi connectivity index (χ0n) is 22.9. The zero-order chi connectivity index (χ0) is 29.0. The van der Waals surface area contributed by atoms with Crippen molar-refractivity contribution in [1.29, 1.82) is 0 Å². The van der Waals surface area contributed by atoms with Gasteiger partial charge in [0.1, 0.15) is 0 Å². The second kappa shape index (κ2) is 10.1. The maximum absolute atomic E-state index is 14.0. The number of carbonyl (C=O) groups excluding carboxylic acids is 4. The number of nitrogens with zero attached hydrogens (tertiary/aromatic N) is 1. The van der Waals surface area contributed by atoms with Gasteiger partial charge in [0.15, 0.2) is 6.61 Å². The molecule has 42 heavy (non-hydrogen) atoms. The molecule has 0 saturated carbocycles. The molecule has 208 valence electrons. The molecule has 4 aromatic carbocycles. The third-order valence-corrected chi connectivity index (χ3v) is 8.80. The highest BCUT2D eigenvalue weighted by atomic mass is 16.5. The Morgan fingerprint density at radius 3 is 1.81 bits per heavy atom. The van der Waals surface area contributed by atoms with Crippen molar-refractivity contribution in [2.24, 2.45) is 11.8 Å². The average molecular weight is 557 g/mol. The van der Waals surface area contributed by atoms with E-state index in [2.05, 4.69) is 29.6 Å². The van der Waals surface area contributed by atoms with Gasteiger partial charge in [-0.1, -0.05) is 84.9 Å². The van der Waals surface area contributed by atoms with Crippen LogP contribution >= 0.6 is 0 Å². The van der Waals surface area contributed by atoms with Gasteiger partial charge in [0.25, 0.3) is 5.91 Å². The molecular formula is C35H28N2O5. The number of nitrogens with one attached hydrogen (secondary N) is 1. The molecule has 1 aliphatic heterocycles. The van der Waals surface area contributed by atoms with E-state index < -0.39 is 30.3 Å². The van der Waals surface area contributed by atoms with Crippen LogP contribution in [0.15, 0.2) is 103 Å². The van der Waals surface area contributed by atoms with Crippen molar-refractivity contribution in [2.45, 2.75) is 24.8 Å². The summed E-state index contributed by atoms with van der Waals surface area (Å²) < 4.78 is 5.28. The molecule has 3 atom stereocenters. The van der Waals surface area contributed by atoms with Crippen LogP contribution in [0, 0.1) is 11.8 Å². The fourth-order valence-electron chi connectivity index (χ4n) is 7.03. The number of carbonyl (C=O) groups is 4. The summed E-state index contributed by atoms with van der Waals surface area (Å²) >= 11 is 0. The first-order chi connectivity index (χ1) is 20.4. The summed E-state index contributed by atoms with van der Waals surface area (Å²) in [5.41, 5.74) is 5.81. The van der Waals surface area contributed by atoms with Crippen molar-refractivity contribution in [3.63, 3.8) is 0 Å². The summed E-state index contributed by atoms with van der Waals surface area (Å²) in [6, 6.07) is 31.7. The Labute approximate surface area is 243 Å². The van der Waals surface area contributed by atoms with Gasteiger partial charge >= 0.3 is 5.97 Å². The van der Waals surface area contributed by atoms with Crippen LogP contribution in [0.3, 0.4) is 0 Å². The number of rotatable bonds is 6. The number of benzene rings is 4. The van der Waals surface area contributed by atoms with Crippen LogP contribution in [0.5, 0.6) is 0 Å². The predicted molar refractivity (Wildman–Crippen MR) is 156 cm³/mol. The van der Waals surface area contributed by atoms with Crippen LogP contribution in [0.2, 0.25) is 0 Å². The third-order valence-electron chi connectivity index (χ3n) is 8.80. The molecule has 8 rings (SSSR count). The SMILES string of the molecule is C[C@@H](NC(=O)COC(=O)c1cccc(N2C(=O)[C@@H]3C4c5ccccc5C(c5ccccc54)[C@@H]3C2=O)c1)c1ccccc1. The summed E-state index contributed by atoms with van der Waals surface area (Å²) in [7, 11) is 0. The lowest BCUT2D eigenvalue weighted by molar-refractivity contribution is -0.125. The molecule has 2 bridgehead atoms. The summed E-state index contributed by atoms with van der Waals surface area (Å²) in [6.07, 6.45) is 0. The van der Waals surface area contributed by atoms with E-state index >= 15 is 0 Å². The van der Waals surface area contributed by atoms with Gasteiger partial charge < -0.3 is 10.1 Å². The highest BCUT2D eigenvalue weighted by molar-refractivity contribution is 6.23. The molecule has 7 heteroatoms. The van der Waals surface area contributed by atoms with Crippen molar-refractivity contribution < 1.29 is 23.9 Å². The smallest absolute Gasteiger partial charge is 0.338 e. The molecule has 4 aliphatic rings. The Hall–Kier alpha value is -5.04. The molecule has 1 heterocycles. The highest BCUT2D eigenvalue weighted by Crippen LogP contribution is 2.61. The van der Waals surface area contributed by atoms with E-state index in [0.717, 1.165) is 27.8 Å². The van der Waals surface area contributed by atoms with Crippen LogP contribution in [0.1, 0.15) is 63.0 Å². The average Bonchev–Trinajstić information content (AvgIpc) is 3.30. The number of imide groups is 1. The maximum atomic E-state index is 14.0. The summed E-state index contributed by atoms with van der Waals surface area (Å²) in [5, 5.41) is 2.81. The van der Waals surface area contributed by atoms with Gasteiger partial charge in [-0.25, -0.2) is 9.69 Å². The van der Waals surface area contributed by atoms with Crippen molar-refractivity contribution in [3.05, 3.63) is 137 Å². The van der Waals surface area contributed by atoms with E-state index in [0.29, 0.717) is 5.69 Å². The molecule has 1 N–H and O–H groups in total. The minimum atomic E-state index is -0.712. The summed E-state index contributed by atoms with van der Waals surface area (Å²) in [5.74, 6) is -3.11.